The maximum absolute atomic E-state index is 13.2. The Labute approximate surface area is 193 Å². The highest BCUT2D eigenvalue weighted by Gasteiger charge is 2.34. The van der Waals surface area contributed by atoms with Crippen molar-refractivity contribution < 1.29 is 23.5 Å². The summed E-state index contributed by atoms with van der Waals surface area (Å²) in [5, 5.41) is 3.88. The van der Waals surface area contributed by atoms with E-state index in [0.717, 1.165) is 0 Å². The summed E-state index contributed by atoms with van der Waals surface area (Å²) in [4.78, 5) is 37.0. The molecule has 0 bridgehead atoms. The molecule has 0 atom stereocenters. The number of anilines is 2. The Morgan fingerprint density at radius 1 is 1.06 bits per heavy atom. The number of rotatable bonds is 6. The number of amides is 3. The lowest BCUT2D eigenvalue weighted by Crippen LogP contribution is -2.35. The normalized spacial score (nSPS) is 14.4. The second kappa shape index (κ2) is 9.54. The van der Waals surface area contributed by atoms with Gasteiger partial charge in [-0.3, -0.25) is 19.8 Å². The minimum atomic E-state index is -0.533. The van der Waals surface area contributed by atoms with E-state index in [0.29, 0.717) is 16.9 Å². The Balaban J connectivity index is 1.42. The number of hydrazine groups is 1. The molecular formula is C24H17ClFN3O4. The lowest BCUT2D eigenvalue weighted by atomic mass is 10.1. The van der Waals surface area contributed by atoms with E-state index in [1.165, 1.54) is 41.4 Å². The molecule has 0 aliphatic carbocycles. The first-order valence-electron chi connectivity index (χ1n) is 9.80. The van der Waals surface area contributed by atoms with Gasteiger partial charge in [-0.15, -0.1) is 0 Å². The van der Waals surface area contributed by atoms with E-state index in [2.05, 4.69) is 10.7 Å². The number of carbonyl (C=O) groups excluding carboxylic acids is 3. The lowest BCUT2D eigenvalue weighted by molar-refractivity contribution is -0.118. The Hall–Kier alpha value is -4.17. The van der Waals surface area contributed by atoms with Crippen LogP contribution in [0.15, 0.2) is 78.4 Å². The van der Waals surface area contributed by atoms with Crippen molar-refractivity contribution in [3.8, 4) is 5.75 Å². The summed E-state index contributed by atoms with van der Waals surface area (Å²) in [6, 6.07) is 18.8. The van der Waals surface area contributed by atoms with Gasteiger partial charge in [0.1, 0.15) is 17.1 Å². The van der Waals surface area contributed by atoms with Crippen molar-refractivity contribution in [3.05, 3.63) is 94.8 Å². The van der Waals surface area contributed by atoms with Crippen molar-refractivity contribution in [2.45, 2.75) is 0 Å². The summed E-state index contributed by atoms with van der Waals surface area (Å²) in [6.07, 6.45) is 1.42. The van der Waals surface area contributed by atoms with Gasteiger partial charge in [-0.25, -0.2) is 9.40 Å². The SMILES string of the molecule is O=C(COc1ccc(/C=C2/C(=O)NN(c3ccccc3)C2=O)cc1Cl)Nc1cccc(F)c1. The average Bonchev–Trinajstić information content (AvgIpc) is 3.07. The van der Waals surface area contributed by atoms with E-state index in [9.17, 15) is 18.8 Å². The van der Waals surface area contributed by atoms with Crippen molar-refractivity contribution in [3.63, 3.8) is 0 Å². The van der Waals surface area contributed by atoms with Crippen molar-refractivity contribution in [2.75, 3.05) is 16.9 Å². The summed E-state index contributed by atoms with van der Waals surface area (Å²) in [5.74, 6) is -1.74. The molecule has 1 heterocycles. The van der Waals surface area contributed by atoms with Crippen LogP contribution in [0.4, 0.5) is 15.8 Å². The molecule has 3 aromatic rings. The van der Waals surface area contributed by atoms with Crippen LogP contribution in [0.3, 0.4) is 0 Å². The van der Waals surface area contributed by atoms with Gasteiger partial charge in [-0.2, -0.15) is 0 Å². The maximum Gasteiger partial charge on any atom is 0.282 e. The fraction of sp³-hybridized carbons (Fsp3) is 0.0417. The minimum Gasteiger partial charge on any atom is -0.482 e. The quantitative estimate of drug-likeness (QED) is 0.426. The average molecular weight is 466 g/mol. The summed E-state index contributed by atoms with van der Waals surface area (Å²) in [7, 11) is 0. The van der Waals surface area contributed by atoms with Gasteiger partial charge in [0.2, 0.25) is 0 Å². The van der Waals surface area contributed by atoms with E-state index >= 15 is 0 Å². The molecule has 0 radical (unpaired) electrons. The number of hydrogen-bond donors (Lipinski definition) is 2. The standard InChI is InChI=1S/C24H17ClFN3O4/c25-20-12-15(11-19-23(31)28-29(24(19)32)18-7-2-1-3-8-18)9-10-21(20)33-14-22(30)27-17-6-4-5-16(26)13-17/h1-13H,14H2,(H,27,30)(H,28,31)/b19-11-. The molecule has 7 nitrogen and oxygen atoms in total. The second-order valence-corrected chi connectivity index (χ2v) is 7.42. The number of benzene rings is 3. The molecule has 1 aliphatic heterocycles. The predicted octanol–water partition coefficient (Wildman–Crippen LogP) is 3.96. The monoisotopic (exact) mass is 465 g/mol. The molecule has 166 valence electrons. The van der Waals surface area contributed by atoms with Crippen molar-refractivity contribution in [1.82, 2.24) is 5.43 Å². The largest absolute Gasteiger partial charge is 0.482 e. The van der Waals surface area contributed by atoms with Crippen LogP contribution in [-0.4, -0.2) is 24.3 Å². The molecule has 1 saturated heterocycles. The van der Waals surface area contributed by atoms with Crippen LogP contribution < -0.4 is 20.5 Å². The van der Waals surface area contributed by atoms with E-state index in [4.69, 9.17) is 16.3 Å². The van der Waals surface area contributed by atoms with Crippen molar-refractivity contribution >= 4 is 46.8 Å². The zero-order valence-corrected chi connectivity index (χ0v) is 17.8. The Morgan fingerprint density at radius 3 is 2.58 bits per heavy atom. The van der Waals surface area contributed by atoms with E-state index in [1.54, 1.807) is 42.5 Å². The van der Waals surface area contributed by atoms with Gasteiger partial charge in [0.15, 0.2) is 6.61 Å². The number of carbonyl (C=O) groups is 3. The highest BCUT2D eigenvalue weighted by molar-refractivity contribution is 6.33. The number of hydrogen-bond acceptors (Lipinski definition) is 4. The zero-order chi connectivity index (χ0) is 23.4. The molecule has 0 spiro atoms. The van der Waals surface area contributed by atoms with Crippen LogP contribution in [0.2, 0.25) is 5.02 Å². The molecule has 9 heteroatoms. The smallest absolute Gasteiger partial charge is 0.282 e. The summed E-state index contributed by atoms with van der Waals surface area (Å²) in [5.41, 5.74) is 3.83. The molecule has 1 aliphatic rings. The van der Waals surface area contributed by atoms with Crippen LogP contribution in [0.1, 0.15) is 5.56 Å². The first kappa shape index (κ1) is 22.0. The number of halogens is 2. The Morgan fingerprint density at radius 2 is 1.85 bits per heavy atom. The topological polar surface area (TPSA) is 87.7 Å². The Kier molecular flexibility index (Phi) is 6.37. The third kappa shape index (κ3) is 5.19. The van der Waals surface area contributed by atoms with Gasteiger partial charge in [-0.1, -0.05) is 41.9 Å². The molecule has 4 rings (SSSR count). The maximum atomic E-state index is 13.2. The van der Waals surface area contributed by atoms with Crippen LogP contribution in [0, 0.1) is 5.82 Å². The third-order valence-electron chi connectivity index (χ3n) is 4.64. The van der Waals surface area contributed by atoms with Crippen LogP contribution in [-0.2, 0) is 14.4 Å². The third-order valence-corrected chi connectivity index (χ3v) is 4.94. The van der Waals surface area contributed by atoms with Crippen LogP contribution in [0.25, 0.3) is 6.08 Å². The molecule has 33 heavy (non-hydrogen) atoms. The molecule has 3 aromatic carbocycles. The summed E-state index contributed by atoms with van der Waals surface area (Å²) < 4.78 is 18.6. The fourth-order valence-corrected chi connectivity index (χ4v) is 3.36. The highest BCUT2D eigenvalue weighted by Crippen LogP contribution is 2.28. The van der Waals surface area contributed by atoms with Gasteiger partial charge in [0.25, 0.3) is 17.7 Å². The number of nitrogens with zero attached hydrogens (tertiary/aromatic N) is 1. The first-order valence-corrected chi connectivity index (χ1v) is 10.2. The second-order valence-electron chi connectivity index (χ2n) is 7.01. The molecule has 3 amide bonds. The van der Waals surface area contributed by atoms with Gasteiger partial charge < -0.3 is 10.1 Å². The van der Waals surface area contributed by atoms with Gasteiger partial charge >= 0.3 is 0 Å². The van der Waals surface area contributed by atoms with Crippen LogP contribution in [0.5, 0.6) is 5.75 Å². The van der Waals surface area contributed by atoms with Gasteiger partial charge in [0, 0.05) is 5.69 Å². The van der Waals surface area contributed by atoms with E-state index in [-0.39, 0.29) is 23.0 Å². The van der Waals surface area contributed by atoms with Gasteiger partial charge in [-0.05, 0) is 54.1 Å². The van der Waals surface area contributed by atoms with Crippen LogP contribution >= 0.6 is 11.6 Å². The van der Waals surface area contributed by atoms with Crippen molar-refractivity contribution in [1.29, 1.82) is 0 Å². The first-order chi connectivity index (χ1) is 15.9. The molecular weight excluding hydrogens is 449 g/mol. The molecule has 0 saturated carbocycles. The van der Waals surface area contributed by atoms with Gasteiger partial charge in [0.05, 0.1) is 10.7 Å². The van der Waals surface area contributed by atoms with E-state index < -0.39 is 23.5 Å². The zero-order valence-electron chi connectivity index (χ0n) is 17.0. The number of nitrogens with one attached hydrogen (secondary N) is 2. The lowest BCUT2D eigenvalue weighted by Gasteiger charge is -2.13. The molecule has 2 N–H and O–H groups in total. The number of para-hydroxylation sites is 1. The van der Waals surface area contributed by atoms with Crippen molar-refractivity contribution in [2.24, 2.45) is 0 Å². The van der Waals surface area contributed by atoms with E-state index in [1.807, 2.05) is 0 Å². The molecule has 0 aromatic heterocycles. The molecule has 0 unspecified atom stereocenters. The fourth-order valence-electron chi connectivity index (χ4n) is 3.11. The summed E-state index contributed by atoms with van der Waals surface area (Å²) >= 11 is 6.25. The summed E-state index contributed by atoms with van der Waals surface area (Å²) in [6.45, 7) is -0.344. The Bertz CT molecular complexity index is 1260. The molecule has 1 fully saturated rings. The number of ether oxygens (including phenoxy) is 1. The minimum absolute atomic E-state index is 0.0435. The highest BCUT2D eigenvalue weighted by atomic mass is 35.5. The predicted molar refractivity (Wildman–Crippen MR) is 122 cm³/mol.